The topological polar surface area (TPSA) is 0 Å². The molecule has 0 aromatic heterocycles. The van der Waals surface area contributed by atoms with E-state index < -0.39 is 0 Å². The minimum absolute atomic E-state index is 1.19. The first-order valence-corrected chi connectivity index (χ1v) is 7.62. The van der Waals surface area contributed by atoms with Crippen LogP contribution in [0, 0.1) is 6.58 Å². The molecule has 0 heterocycles. The highest BCUT2D eigenvalue weighted by Crippen LogP contribution is 2.11. The Hall–Kier alpha value is -0.520. The second kappa shape index (κ2) is 15.5. The molecule has 0 unspecified atom stereocenters. The van der Waals surface area contributed by atoms with E-state index in [0.29, 0.717) is 0 Å². The first-order chi connectivity index (χ1) is 8.41. The van der Waals surface area contributed by atoms with Crippen LogP contribution in [-0.4, -0.2) is 0 Å². The first-order valence-electron chi connectivity index (χ1n) is 7.62. The van der Waals surface area contributed by atoms with Crippen molar-refractivity contribution in [3.63, 3.8) is 0 Å². The second-order valence-corrected chi connectivity index (χ2v) is 4.94. The van der Waals surface area contributed by atoms with E-state index in [4.69, 9.17) is 6.58 Å². The van der Waals surface area contributed by atoms with Gasteiger partial charge in [-0.25, -0.2) is 0 Å². The summed E-state index contributed by atoms with van der Waals surface area (Å²) >= 11 is 0. The molecule has 0 saturated heterocycles. The Morgan fingerprint density at radius 3 is 1.65 bits per heavy atom. The Morgan fingerprint density at radius 2 is 1.18 bits per heavy atom. The van der Waals surface area contributed by atoms with Crippen LogP contribution in [0.4, 0.5) is 0 Å². The summed E-state index contributed by atoms with van der Waals surface area (Å²) in [5.74, 6) is 0. The molecular formula is C17H31. The zero-order chi connectivity index (χ0) is 12.6. The molecule has 0 aliphatic rings. The van der Waals surface area contributed by atoms with Crippen molar-refractivity contribution in [2.45, 2.75) is 84.0 Å². The third-order valence-corrected chi connectivity index (χ3v) is 3.22. The molecular weight excluding hydrogens is 204 g/mol. The molecule has 0 spiro atoms. The fourth-order valence-corrected chi connectivity index (χ4v) is 2.10. The van der Waals surface area contributed by atoms with E-state index in [9.17, 15) is 0 Å². The molecule has 0 rings (SSSR count). The van der Waals surface area contributed by atoms with Gasteiger partial charge in [-0.15, -0.1) is 0 Å². The van der Waals surface area contributed by atoms with Gasteiger partial charge in [0, 0.05) is 0 Å². The van der Waals surface area contributed by atoms with Crippen molar-refractivity contribution in [3.8, 4) is 0 Å². The molecule has 99 valence electrons. The van der Waals surface area contributed by atoms with Gasteiger partial charge in [0.15, 0.2) is 0 Å². The number of unbranched alkanes of at least 4 members (excludes halogenated alkanes) is 11. The predicted octanol–water partition coefficient (Wildman–Crippen LogP) is 6.23. The van der Waals surface area contributed by atoms with E-state index in [-0.39, 0.29) is 0 Å². The maximum absolute atomic E-state index is 5.26. The van der Waals surface area contributed by atoms with Gasteiger partial charge in [0.1, 0.15) is 0 Å². The van der Waals surface area contributed by atoms with E-state index >= 15 is 0 Å². The van der Waals surface area contributed by atoms with Crippen LogP contribution < -0.4 is 0 Å². The molecule has 0 nitrogen and oxygen atoms in total. The van der Waals surface area contributed by atoms with Gasteiger partial charge in [-0.3, -0.25) is 0 Å². The second-order valence-electron chi connectivity index (χ2n) is 4.94. The molecule has 17 heavy (non-hydrogen) atoms. The lowest BCUT2D eigenvalue weighted by atomic mass is 10.1. The molecule has 0 bridgehead atoms. The molecule has 0 fully saturated rings. The van der Waals surface area contributed by atoms with Gasteiger partial charge >= 0.3 is 0 Å². The smallest absolute Gasteiger partial charge is 0.0348 e. The lowest BCUT2D eigenvalue weighted by Crippen LogP contribution is -1.81. The third kappa shape index (κ3) is 15.5. The van der Waals surface area contributed by atoms with Crippen molar-refractivity contribution >= 4 is 0 Å². The Kier molecular flexibility index (Phi) is 15.0. The maximum Gasteiger partial charge on any atom is -0.0348 e. The van der Waals surface area contributed by atoms with E-state index in [1.54, 1.807) is 6.08 Å². The molecule has 0 atom stereocenters. The average molecular weight is 235 g/mol. The van der Waals surface area contributed by atoms with Crippen LogP contribution in [0.5, 0.6) is 0 Å². The van der Waals surface area contributed by atoms with E-state index in [1.807, 2.05) is 6.08 Å². The Labute approximate surface area is 109 Å². The van der Waals surface area contributed by atoms with E-state index in [2.05, 4.69) is 13.0 Å². The zero-order valence-corrected chi connectivity index (χ0v) is 11.8. The van der Waals surface area contributed by atoms with Crippen LogP contribution in [0.15, 0.2) is 18.2 Å². The highest BCUT2D eigenvalue weighted by atomic mass is 14.0. The highest BCUT2D eigenvalue weighted by Gasteiger charge is 1.92. The summed E-state index contributed by atoms with van der Waals surface area (Å²) in [7, 11) is 0. The SMILES string of the molecule is [CH]=C/C=C\CCCCCCCCCCCCC. The van der Waals surface area contributed by atoms with E-state index in [0.717, 1.165) is 0 Å². The van der Waals surface area contributed by atoms with Crippen molar-refractivity contribution < 1.29 is 0 Å². The van der Waals surface area contributed by atoms with Crippen molar-refractivity contribution in [2.75, 3.05) is 0 Å². The molecule has 1 radical (unpaired) electrons. The third-order valence-electron chi connectivity index (χ3n) is 3.22. The monoisotopic (exact) mass is 235 g/mol. The normalized spacial score (nSPS) is 11.1. The van der Waals surface area contributed by atoms with Crippen LogP contribution in [0.25, 0.3) is 0 Å². The predicted molar refractivity (Wildman–Crippen MR) is 79.1 cm³/mol. The van der Waals surface area contributed by atoms with E-state index in [1.165, 1.54) is 77.0 Å². The minimum Gasteiger partial charge on any atom is -0.0845 e. The first kappa shape index (κ1) is 16.5. The molecule has 0 aromatic rings. The lowest BCUT2D eigenvalue weighted by molar-refractivity contribution is 0.550. The van der Waals surface area contributed by atoms with Gasteiger partial charge in [0.25, 0.3) is 0 Å². The van der Waals surface area contributed by atoms with Crippen LogP contribution in [0.1, 0.15) is 84.0 Å². The maximum atomic E-state index is 5.26. The summed E-state index contributed by atoms with van der Waals surface area (Å²) in [5.41, 5.74) is 0. The Bertz CT molecular complexity index is 167. The van der Waals surface area contributed by atoms with Gasteiger partial charge in [-0.1, -0.05) is 95.9 Å². The van der Waals surface area contributed by atoms with Gasteiger partial charge in [-0.2, -0.15) is 0 Å². The summed E-state index contributed by atoms with van der Waals surface area (Å²) in [6, 6.07) is 0. The highest BCUT2D eigenvalue weighted by molar-refractivity contribution is 4.95. The quantitative estimate of drug-likeness (QED) is 0.262. The average Bonchev–Trinajstić information content (AvgIpc) is 2.35. The molecule has 0 heteroatoms. The van der Waals surface area contributed by atoms with Crippen molar-refractivity contribution in [2.24, 2.45) is 0 Å². The molecule has 0 aromatic carbocycles. The van der Waals surface area contributed by atoms with Gasteiger partial charge in [0.05, 0.1) is 0 Å². The lowest BCUT2D eigenvalue weighted by Gasteiger charge is -2.01. The standard InChI is InChI=1S/C17H31/c1-3-5-7-9-11-13-15-17-16-14-12-10-8-6-4-2/h1,3,5,7H,4,6,8-17H2,2H3/b3-1?,7-5-. The number of allylic oxidation sites excluding steroid dienone is 3. The number of hydrogen-bond acceptors (Lipinski definition) is 0. The molecule has 0 saturated carbocycles. The summed E-state index contributed by atoms with van der Waals surface area (Å²) in [4.78, 5) is 0. The van der Waals surface area contributed by atoms with Crippen molar-refractivity contribution in [1.82, 2.24) is 0 Å². The Morgan fingerprint density at radius 1 is 0.706 bits per heavy atom. The molecule has 0 amide bonds. The number of rotatable bonds is 13. The van der Waals surface area contributed by atoms with Crippen LogP contribution in [0.3, 0.4) is 0 Å². The van der Waals surface area contributed by atoms with Gasteiger partial charge in [-0.05, 0) is 12.8 Å². The minimum atomic E-state index is 1.19. The molecule has 0 N–H and O–H groups in total. The zero-order valence-electron chi connectivity index (χ0n) is 11.8. The van der Waals surface area contributed by atoms with Gasteiger partial charge < -0.3 is 0 Å². The fourth-order valence-electron chi connectivity index (χ4n) is 2.10. The summed E-state index contributed by atoms with van der Waals surface area (Å²) < 4.78 is 0. The Balaban J connectivity index is 2.93. The van der Waals surface area contributed by atoms with Crippen molar-refractivity contribution in [1.29, 1.82) is 0 Å². The van der Waals surface area contributed by atoms with Crippen LogP contribution in [0.2, 0.25) is 0 Å². The molecule has 0 aliphatic carbocycles. The van der Waals surface area contributed by atoms with Crippen molar-refractivity contribution in [3.05, 3.63) is 24.8 Å². The summed E-state index contributed by atoms with van der Waals surface area (Å²) in [5, 5.41) is 0. The fraction of sp³-hybridized carbons (Fsp3) is 0.765. The number of hydrogen-bond donors (Lipinski definition) is 0. The summed E-state index contributed by atoms with van der Waals surface area (Å²) in [6.45, 7) is 7.53. The summed E-state index contributed by atoms with van der Waals surface area (Å²) in [6.07, 6.45) is 22.5. The van der Waals surface area contributed by atoms with Crippen LogP contribution >= 0.6 is 0 Å². The molecule has 0 aliphatic heterocycles. The largest absolute Gasteiger partial charge is 0.0845 e. The van der Waals surface area contributed by atoms with Crippen LogP contribution in [-0.2, 0) is 0 Å². The van der Waals surface area contributed by atoms with Gasteiger partial charge in [0.2, 0.25) is 0 Å².